The van der Waals surface area contributed by atoms with Crippen LogP contribution in [0.1, 0.15) is 11.3 Å². The predicted molar refractivity (Wildman–Crippen MR) is 71.2 cm³/mol. The van der Waals surface area contributed by atoms with E-state index in [-0.39, 0.29) is 16.7 Å². The summed E-state index contributed by atoms with van der Waals surface area (Å²) in [7, 11) is 0. The number of nitrogens with zero attached hydrogens (tertiary/aromatic N) is 3. The molecule has 19 heavy (non-hydrogen) atoms. The number of pyridine rings is 1. The van der Waals surface area contributed by atoms with Crippen molar-refractivity contribution in [3.8, 4) is 17.2 Å². The van der Waals surface area contributed by atoms with Crippen LogP contribution in [-0.4, -0.2) is 10.2 Å². The van der Waals surface area contributed by atoms with Crippen LogP contribution in [0.4, 0.5) is 11.5 Å². The molecule has 0 radical (unpaired) electrons. The average molecular weight is 255 g/mol. The molecule has 1 aromatic heterocycles. The van der Waals surface area contributed by atoms with Crippen LogP contribution in [-0.2, 0) is 0 Å². The average Bonchev–Trinajstić information content (AvgIpc) is 2.38. The predicted octanol–water partition coefficient (Wildman–Crippen LogP) is 2.20. The number of hydrogen-bond donors (Lipinski definition) is 2. The molecule has 0 aliphatic heterocycles. The zero-order chi connectivity index (χ0) is 14.0. The van der Waals surface area contributed by atoms with Crippen molar-refractivity contribution < 1.29 is 5.21 Å². The Labute approximate surface area is 109 Å². The SMILES string of the molecule is Cc1cc(-c2ccc(N([O-])O)cc2)c(C#N)c(N)n1. The standard InChI is InChI=1S/C13H11N4O2/c1-8-6-11(12(7-14)13(15)16-8)9-2-4-10(5-3-9)17(18)19/h2-6,18H,1H3,(H2,15,16)/q-1. The first-order chi connectivity index (χ1) is 9.02. The molecule has 0 spiro atoms. The maximum Gasteiger partial charge on any atom is 0.142 e. The van der Waals surface area contributed by atoms with Crippen LogP contribution in [0.25, 0.3) is 11.1 Å². The molecule has 6 heteroatoms. The summed E-state index contributed by atoms with van der Waals surface area (Å²) >= 11 is 0. The zero-order valence-electron chi connectivity index (χ0n) is 10.2. The fraction of sp³-hybridized carbons (Fsp3) is 0.0769. The summed E-state index contributed by atoms with van der Waals surface area (Å²) in [6.45, 7) is 1.78. The van der Waals surface area contributed by atoms with E-state index < -0.39 is 0 Å². The Bertz CT molecular complexity index is 645. The van der Waals surface area contributed by atoms with Crippen molar-refractivity contribution in [1.82, 2.24) is 4.98 Å². The number of aryl methyl sites for hydroxylation is 1. The second kappa shape index (κ2) is 4.94. The fourth-order valence-corrected chi connectivity index (χ4v) is 1.81. The van der Waals surface area contributed by atoms with Crippen LogP contribution in [0.15, 0.2) is 30.3 Å². The molecule has 0 saturated carbocycles. The second-order valence-corrected chi connectivity index (χ2v) is 4.00. The Kier molecular flexibility index (Phi) is 3.33. The molecule has 0 bridgehead atoms. The van der Waals surface area contributed by atoms with Gasteiger partial charge >= 0.3 is 0 Å². The molecule has 0 aliphatic rings. The van der Waals surface area contributed by atoms with Gasteiger partial charge in [-0.15, -0.1) is 0 Å². The van der Waals surface area contributed by atoms with Crippen LogP contribution in [0.2, 0.25) is 0 Å². The van der Waals surface area contributed by atoms with Crippen LogP contribution < -0.4 is 11.0 Å². The van der Waals surface area contributed by atoms with Gasteiger partial charge in [-0.05, 0) is 30.7 Å². The first kappa shape index (κ1) is 12.8. The Morgan fingerprint density at radius 1 is 1.37 bits per heavy atom. The van der Waals surface area contributed by atoms with Crippen molar-refractivity contribution in [1.29, 1.82) is 5.26 Å². The van der Waals surface area contributed by atoms with Gasteiger partial charge in [0, 0.05) is 11.3 Å². The minimum Gasteiger partial charge on any atom is -0.733 e. The molecular weight excluding hydrogens is 244 g/mol. The van der Waals surface area contributed by atoms with Gasteiger partial charge < -0.3 is 16.2 Å². The van der Waals surface area contributed by atoms with Gasteiger partial charge in [0.2, 0.25) is 0 Å². The van der Waals surface area contributed by atoms with E-state index in [1.165, 1.54) is 12.1 Å². The van der Waals surface area contributed by atoms with Crippen LogP contribution in [0.5, 0.6) is 0 Å². The highest BCUT2D eigenvalue weighted by Gasteiger charge is 2.10. The van der Waals surface area contributed by atoms with E-state index in [1.54, 1.807) is 25.1 Å². The van der Waals surface area contributed by atoms with Gasteiger partial charge in [0.25, 0.3) is 0 Å². The number of hydrogen-bond acceptors (Lipinski definition) is 6. The van der Waals surface area contributed by atoms with Crippen molar-refractivity contribution in [2.45, 2.75) is 6.92 Å². The topological polar surface area (TPSA) is 109 Å². The van der Waals surface area contributed by atoms with E-state index in [1.807, 2.05) is 6.07 Å². The van der Waals surface area contributed by atoms with Gasteiger partial charge in [0.15, 0.2) is 0 Å². The lowest BCUT2D eigenvalue weighted by atomic mass is 10.0. The number of aromatic nitrogens is 1. The van der Waals surface area contributed by atoms with Crippen LogP contribution >= 0.6 is 0 Å². The van der Waals surface area contributed by atoms with Crippen molar-refractivity contribution in [3.63, 3.8) is 0 Å². The summed E-state index contributed by atoms with van der Waals surface area (Å²) in [6, 6.07) is 9.93. The number of nitriles is 1. The van der Waals surface area contributed by atoms with E-state index in [0.29, 0.717) is 16.8 Å². The molecule has 0 unspecified atom stereocenters. The van der Waals surface area contributed by atoms with Gasteiger partial charge in [-0.25, -0.2) is 4.98 Å². The summed E-state index contributed by atoms with van der Waals surface area (Å²) in [5.74, 6) is 0.175. The molecule has 0 aliphatic carbocycles. The van der Waals surface area contributed by atoms with E-state index >= 15 is 0 Å². The largest absolute Gasteiger partial charge is 0.733 e. The fourth-order valence-electron chi connectivity index (χ4n) is 1.81. The second-order valence-electron chi connectivity index (χ2n) is 4.00. The molecule has 96 valence electrons. The third-order valence-electron chi connectivity index (χ3n) is 2.69. The first-order valence-corrected chi connectivity index (χ1v) is 5.46. The van der Waals surface area contributed by atoms with Crippen molar-refractivity contribution >= 4 is 11.5 Å². The van der Waals surface area contributed by atoms with Gasteiger partial charge in [-0.3, -0.25) is 5.21 Å². The normalized spacial score (nSPS) is 10.0. The molecule has 0 fully saturated rings. The monoisotopic (exact) mass is 255 g/mol. The maximum absolute atomic E-state index is 10.7. The van der Waals surface area contributed by atoms with Gasteiger partial charge in [0.05, 0.1) is 5.69 Å². The first-order valence-electron chi connectivity index (χ1n) is 5.46. The highest BCUT2D eigenvalue weighted by Crippen LogP contribution is 2.28. The van der Waals surface area contributed by atoms with Crippen molar-refractivity contribution in [2.24, 2.45) is 0 Å². The molecule has 2 rings (SSSR count). The zero-order valence-corrected chi connectivity index (χ0v) is 10.2. The molecule has 6 nitrogen and oxygen atoms in total. The number of nitrogens with two attached hydrogens (primary N) is 1. The minimum absolute atomic E-state index is 0.112. The minimum atomic E-state index is -0.221. The third kappa shape index (κ3) is 2.47. The molecule has 0 saturated heterocycles. The number of nitrogen functional groups attached to an aromatic ring is 1. The maximum atomic E-state index is 10.7. The van der Waals surface area contributed by atoms with Gasteiger partial charge in [-0.1, -0.05) is 12.1 Å². The lowest BCUT2D eigenvalue weighted by Crippen LogP contribution is -2.06. The Balaban J connectivity index is 2.56. The molecule has 1 heterocycles. The lowest BCUT2D eigenvalue weighted by Gasteiger charge is -2.21. The third-order valence-corrected chi connectivity index (χ3v) is 2.69. The Morgan fingerprint density at radius 2 is 2.00 bits per heavy atom. The number of benzene rings is 1. The number of anilines is 2. The molecular formula is C13H11N4O2-. The quantitative estimate of drug-likeness (QED) is 0.796. The summed E-state index contributed by atoms with van der Waals surface area (Å²) in [5, 5.41) is 28.4. The number of rotatable bonds is 2. The van der Waals surface area contributed by atoms with E-state index in [2.05, 4.69) is 4.98 Å². The Hall–Kier alpha value is -2.62. The highest BCUT2D eigenvalue weighted by atomic mass is 16.8. The summed E-state index contributed by atoms with van der Waals surface area (Å²) in [6.07, 6.45) is 0. The smallest absolute Gasteiger partial charge is 0.142 e. The summed E-state index contributed by atoms with van der Waals surface area (Å²) in [5.41, 5.74) is 8.19. The van der Waals surface area contributed by atoms with Crippen LogP contribution in [0.3, 0.4) is 0 Å². The van der Waals surface area contributed by atoms with Gasteiger partial charge in [0.1, 0.15) is 17.5 Å². The Morgan fingerprint density at radius 3 is 2.53 bits per heavy atom. The summed E-state index contributed by atoms with van der Waals surface area (Å²) in [4.78, 5) is 4.03. The van der Waals surface area contributed by atoms with E-state index in [0.717, 1.165) is 5.56 Å². The van der Waals surface area contributed by atoms with Crippen molar-refractivity contribution in [2.75, 3.05) is 11.0 Å². The lowest BCUT2D eigenvalue weighted by molar-refractivity contribution is 0.296. The van der Waals surface area contributed by atoms with E-state index in [4.69, 9.17) is 16.2 Å². The molecule has 2 aromatic rings. The van der Waals surface area contributed by atoms with Gasteiger partial charge in [-0.2, -0.15) is 5.26 Å². The summed E-state index contributed by atoms with van der Waals surface area (Å²) < 4.78 is 0. The van der Waals surface area contributed by atoms with E-state index in [9.17, 15) is 5.21 Å². The molecule has 0 amide bonds. The van der Waals surface area contributed by atoms with Crippen LogP contribution in [0, 0.1) is 23.5 Å². The molecule has 1 aromatic carbocycles. The molecule has 0 atom stereocenters. The molecule has 3 N–H and O–H groups in total. The highest BCUT2D eigenvalue weighted by molar-refractivity contribution is 5.76. The van der Waals surface area contributed by atoms with Crippen molar-refractivity contribution in [3.05, 3.63) is 46.8 Å².